The Balaban J connectivity index is 2.21. The van der Waals surface area contributed by atoms with Crippen molar-refractivity contribution < 1.29 is 13.6 Å². The van der Waals surface area contributed by atoms with Gasteiger partial charge in [-0.15, -0.1) is 0 Å². The van der Waals surface area contributed by atoms with E-state index in [9.17, 15) is 13.6 Å². The van der Waals surface area contributed by atoms with Crippen LogP contribution in [0.1, 0.15) is 31.2 Å². The second-order valence-corrected chi connectivity index (χ2v) is 4.48. The molecule has 0 aliphatic heterocycles. The molecule has 1 amide bonds. The molecular formula is C14H20F2N2O. The summed E-state index contributed by atoms with van der Waals surface area (Å²) in [4.78, 5) is 11.6. The summed E-state index contributed by atoms with van der Waals surface area (Å²) >= 11 is 0. The van der Waals surface area contributed by atoms with E-state index in [1.54, 1.807) is 0 Å². The predicted octanol–water partition coefficient (Wildman–Crippen LogP) is 2.14. The van der Waals surface area contributed by atoms with E-state index >= 15 is 0 Å². The van der Waals surface area contributed by atoms with E-state index in [-0.39, 0.29) is 12.3 Å². The summed E-state index contributed by atoms with van der Waals surface area (Å²) in [6, 6.07) is 3.50. The van der Waals surface area contributed by atoms with Crippen LogP contribution in [0.2, 0.25) is 0 Å². The highest BCUT2D eigenvalue weighted by atomic mass is 19.2. The van der Waals surface area contributed by atoms with Crippen LogP contribution in [0.4, 0.5) is 8.78 Å². The van der Waals surface area contributed by atoms with Crippen molar-refractivity contribution in [3.63, 3.8) is 0 Å². The first-order valence-corrected chi connectivity index (χ1v) is 6.54. The van der Waals surface area contributed by atoms with Crippen LogP contribution in [0, 0.1) is 11.6 Å². The highest BCUT2D eigenvalue weighted by Gasteiger charge is 2.06. The minimum Gasteiger partial charge on any atom is -0.356 e. The largest absolute Gasteiger partial charge is 0.356 e. The fourth-order valence-corrected chi connectivity index (χ4v) is 1.75. The van der Waals surface area contributed by atoms with Gasteiger partial charge in [0.25, 0.3) is 0 Å². The molecule has 3 N–H and O–H groups in total. The van der Waals surface area contributed by atoms with Crippen LogP contribution in [0.3, 0.4) is 0 Å². The van der Waals surface area contributed by atoms with Gasteiger partial charge >= 0.3 is 0 Å². The third kappa shape index (κ3) is 6.29. The first-order valence-electron chi connectivity index (χ1n) is 6.54. The van der Waals surface area contributed by atoms with Crippen molar-refractivity contribution in [2.24, 2.45) is 5.73 Å². The number of unbranched alkanes of at least 4 members (excludes halogenated alkanes) is 3. The highest BCUT2D eigenvalue weighted by Crippen LogP contribution is 2.09. The average molecular weight is 270 g/mol. The number of hydrogen-bond acceptors (Lipinski definition) is 2. The molecular weight excluding hydrogens is 250 g/mol. The van der Waals surface area contributed by atoms with Crippen LogP contribution >= 0.6 is 0 Å². The second-order valence-electron chi connectivity index (χ2n) is 4.48. The lowest BCUT2D eigenvalue weighted by Crippen LogP contribution is -2.26. The van der Waals surface area contributed by atoms with E-state index in [1.807, 2.05) is 0 Å². The van der Waals surface area contributed by atoms with Gasteiger partial charge in [0.1, 0.15) is 0 Å². The predicted molar refractivity (Wildman–Crippen MR) is 70.6 cm³/mol. The van der Waals surface area contributed by atoms with Gasteiger partial charge in [0.05, 0.1) is 6.42 Å². The van der Waals surface area contributed by atoms with Gasteiger partial charge in [0, 0.05) is 6.54 Å². The molecule has 1 rings (SSSR count). The minimum absolute atomic E-state index is 0.0694. The number of hydrogen-bond donors (Lipinski definition) is 2. The molecule has 0 fully saturated rings. The smallest absolute Gasteiger partial charge is 0.224 e. The summed E-state index contributed by atoms with van der Waals surface area (Å²) in [7, 11) is 0. The van der Waals surface area contributed by atoms with Crippen molar-refractivity contribution in [1.82, 2.24) is 5.32 Å². The third-order valence-electron chi connectivity index (χ3n) is 2.80. The molecule has 0 saturated heterocycles. The summed E-state index contributed by atoms with van der Waals surface area (Å²) in [6.45, 7) is 1.30. The van der Waals surface area contributed by atoms with E-state index < -0.39 is 11.6 Å². The summed E-state index contributed by atoms with van der Waals surface area (Å²) in [5.74, 6) is -2.00. The van der Waals surface area contributed by atoms with Gasteiger partial charge in [-0.3, -0.25) is 4.79 Å². The number of benzene rings is 1. The summed E-state index contributed by atoms with van der Waals surface area (Å²) in [6.07, 6.45) is 4.07. The zero-order valence-corrected chi connectivity index (χ0v) is 10.9. The number of nitrogens with one attached hydrogen (secondary N) is 1. The molecule has 0 atom stereocenters. The molecule has 106 valence electrons. The molecule has 0 aliphatic rings. The van der Waals surface area contributed by atoms with E-state index in [4.69, 9.17) is 5.73 Å². The van der Waals surface area contributed by atoms with Crippen LogP contribution < -0.4 is 11.1 Å². The zero-order valence-electron chi connectivity index (χ0n) is 10.9. The molecule has 0 radical (unpaired) electrons. The number of rotatable bonds is 8. The van der Waals surface area contributed by atoms with Crippen molar-refractivity contribution >= 4 is 5.91 Å². The number of halogens is 2. The van der Waals surface area contributed by atoms with Gasteiger partial charge in [-0.1, -0.05) is 18.9 Å². The Bertz CT molecular complexity index is 410. The van der Waals surface area contributed by atoms with E-state index in [0.717, 1.165) is 37.8 Å². The standard InChI is InChI=1S/C14H20F2N2O/c15-12-6-5-11(9-13(12)16)10-14(19)18-8-4-2-1-3-7-17/h5-6,9H,1-4,7-8,10,17H2,(H,18,19). The van der Waals surface area contributed by atoms with Crippen LogP contribution in [-0.2, 0) is 11.2 Å². The van der Waals surface area contributed by atoms with Gasteiger partial charge in [0.2, 0.25) is 5.91 Å². The lowest BCUT2D eigenvalue weighted by atomic mass is 10.1. The molecule has 3 nitrogen and oxygen atoms in total. The maximum atomic E-state index is 12.9. The van der Waals surface area contributed by atoms with E-state index in [1.165, 1.54) is 6.07 Å². The molecule has 19 heavy (non-hydrogen) atoms. The van der Waals surface area contributed by atoms with Crippen LogP contribution in [0.5, 0.6) is 0 Å². The molecule has 0 unspecified atom stereocenters. The first-order chi connectivity index (χ1) is 9.13. The first kappa shape index (κ1) is 15.6. The number of carbonyl (C=O) groups is 1. The second kappa shape index (κ2) is 8.58. The van der Waals surface area contributed by atoms with Crippen LogP contribution in [-0.4, -0.2) is 19.0 Å². The molecule has 0 aliphatic carbocycles. The molecule has 0 saturated carbocycles. The number of amides is 1. The van der Waals surface area contributed by atoms with Crippen molar-refractivity contribution in [1.29, 1.82) is 0 Å². The monoisotopic (exact) mass is 270 g/mol. The Hall–Kier alpha value is -1.49. The van der Waals surface area contributed by atoms with Gasteiger partial charge in [-0.05, 0) is 37.1 Å². The van der Waals surface area contributed by atoms with E-state index in [0.29, 0.717) is 18.7 Å². The molecule has 0 heterocycles. The Morgan fingerprint density at radius 1 is 1.11 bits per heavy atom. The maximum Gasteiger partial charge on any atom is 0.224 e. The quantitative estimate of drug-likeness (QED) is 0.711. The molecule has 5 heteroatoms. The molecule has 1 aromatic rings. The maximum absolute atomic E-state index is 12.9. The normalized spacial score (nSPS) is 10.5. The number of nitrogens with two attached hydrogens (primary N) is 1. The number of carbonyl (C=O) groups excluding carboxylic acids is 1. The van der Waals surface area contributed by atoms with Gasteiger partial charge in [-0.2, -0.15) is 0 Å². The van der Waals surface area contributed by atoms with Gasteiger partial charge in [-0.25, -0.2) is 8.78 Å². The fraction of sp³-hybridized carbons (Fsp3) is 0.500. The van der Waals surface area contributed by atoms with Crippen LogP contribution in [0.25, 0.3) is 0 Å². The lowest BCUT2D eigenvalue weighted by molar-refractivity contribution is -0.120. The summed E-state index contributed by atoms with van der Waals surface area (Å²) in [5, 5.41) is 2.76. The van der Waals surface area contributed by atoms with Crippen molar-refractivity contribution in [2.45, 2.75) is 32.1 Å². The summed E-state index contributed by atoms with van der Waals surface area (Å²) < 4.78 is 25.6. The average Bonchev–Trinajstić information content (AvgIpc) is 2.38. The topological polar surface area (TPSA) is 55.1 Å². The molecule has 1 aromatic carbocycles. The van der Waals surface area contributed by atoms with Crippen molar-refractivity contribution in [2.75, 3.05) is 13.1 Å². The molecule has 0 aromatic heterocycles. The Kier molecular flexibility index (Phi) is 7.03. The van der Waals surface area contributed by atoms with Gasteiger partial charge in [0.15, 0.2) is 11.6 Å². The lowest BCUT2D eigenvalue weighted by Gasteiger charge is -2.05. The Labute approximate surface area is 112 Å². The fourth-order valence-electron chi connectivity index (χ4n) is 1.75. The van der Waals surface area contributed by atoms with Gasteiger partial charge < -0.3 is 11.1 Å². The highest BCUT2D eigenvalue weighted by molar-refractivity contribution is 5.78. The van der Waals surface area contributed by atoms with E-state index in [2.05, 4.69) is 5.32 Å². The van der Waals surface area contributed by atoms with Crippen molar-refractivity contribution in [3.8, 4) is 0 Å². The molecule has 0 spiro atoms. The zero-order chi connectivity index (χ0) is 14.1. The van der Waals surface area contributed by atoms with Crippen molar-refractivity contribution in [3.05, 3.63) is 35.4 Å². The Morgan fingerprint density at radius 2 is 1.84 bits per heavy atom. The Morgan fingerprint density at radius 3 is 2.53 bits per heavy atom. The third-order valence-corrected chi connectivity index (χ3v) is 2.80. The minimum atomic E-state index is -0.924. The molecule has 0 bridgehead atoms. The SMILES string of the molecule is NCCCCCCNC(=O)Cc1ccc(F)c(F)c1. The summed E-state index contributed by atoms with van der Waals surface area (Å²) in [5.41, 5.74) is 5.84. The van der Waals surface area contributed by atoms with Crippen LogP contribution in [0.15, 0.2) is 18.2 Å².